The van der Waals surface area contributed by atoms with Crippen LogP contribution in [-0.2, 0) is 10.5 Å². The SMILES string of the molecule is CCN1N=C(C2CC(O)CN2C(=O)C(c2cc(C)no2)C(C)C)NC1(C)c1ccc(-c2ccccc2F)cc1. The second-order valence-electron chi connectivity index (χ2n) is 10.9. The van der Waals surface area contributed by atoms with E-state index < -0.39 is 23.7 Å². The molecule has 2 N–H and O–H groups in total. The number of hydrogen-bond acceptors (Lipinski definition) is 7. The van der Waals surface area contributed by atoms with E-state index in [2.05, 4.69) is 10.5 Å². The molecule has 0 bridgehead atoms. The van der Waals surface area contributed by atoms with E-state index in [0.29, 0.717) is 30.1 Å². The van der Waals surface area contributed by atoms with Crippen LogP contribution in [0.4, 0.5) is 4.39 Å². The van der Waals surface area contributed by atoms with Crippen LogP contribution in [0.1, 0.15) is 57.1 Å². The molecule has 39 heavy (non-hydrogen) atoms. The number of likely N-dealkylation sites (tertiary alicyclic amines) is 1. The topological polar surface area (TPSA) is 94.2 Å². The summed E-state index contributed by atoms with van der Waals surface area (Å²) in [4.78, 5) is 15.6. The zero-order valence-corrected chi connectivity index (χ0v) is 23.1. The summed E-state index contributed by atoms with van der Waals surface area (Å²) in [6, 6.07) is 15.9. The molecular formula is C30H36FN5O3. The molecule has 206 valence electrons. The minimum atomic E-state index is -0.681. The number of β-amino-alcohol motifs (C(OH)–C–C–N with tert-alkyl or cyclic N) is 1. The van der Waals surface area contributed by atoms with Gasteiger partial charge in [-0.3, -0.25) is 9.80 Å². The molecule has 4 atom stereocenters. The van der Waals surface area contributed by atoms with Crippen molar-refractivity contribution < 1.29 is 18.8 Å². The predicted octanol–water partition coefficient (Wildman–Crippen LogP) is 4.60. The van der Waals surface area contributed by atoms with E-state index in [-0.39, 0.29) is 24.2 Å². The van der Waals surface area contributed by atoms with Crippen molar-refractivity contribution in [2.24, 2.45) is 11.0 Å². The summed E-state index contributed by atoms with van der Waals surface area (Å²) in [5, 5.41) is 25.1. The molecule has 0 radical (unpaired) electrons. The summed E-state index contributed by atoms with van der Waals surface area (Å²) in [6.07, 6.45) is -0.271. The maximum absolute atomic E-state index is 14.3. The zero-order valence-electron chi connectivity index (χ0n) is 23.1. The number of nitrogens with zero attached hydrogens (tertiary/aromatic N) is 4. The van der Waals surface area contributed by atoms with Gasteiger partial charge in [0.25, 0.3) is 0 Å². The Balaban J connectivity index is 1.41. The van der Waals surface area contributed by atoms with Crippen LogP contribution < -0.4 is 5.32 Å². The first-order chi connectivity index (χ1) is 18.6. The van der Waals surface area contributed by atoms with Crippen LogP contribution in [0.25, 0.3) is 11.1 Å². The molecular weight excluding hydrogens is 497 g/mol. The summed E-state index contributed by atoms with van der Waals surface area (Å²) >= 11 is 0. The molecule has 5 rings (SSSR count). The second kappa shape index (κ2) is 10.4. The van der Waals surface area contributed by atoms with Crippen molar-refractivity contribution in [1.29, 1.82) is 0 Å². The lowest BCUT2D eigenvalue weighted by Crippen LogP contribution is -2.52. The first-order valence-corrected chi connectivity index (χ1v) is 13.5. The van der Waals surface area contributed by atoms with Crippen molar-refractivity contribution in [3.8, 4) is 11.1 Å². The van der Waals surface area contributed by atoms with Gasteiger partial charge in [0.05, 0.1) is 17.8 Å². The fourth-order valence-electron chi connectivity index (χ4n) is 5.76. The van der Waals surface area contributed by atoms with Crippen molar-refractivity contribution in [3.05, 3.63) is 77.4 Å². The van der Waals surface area contributed by atoms with Gasteiger partial charge in [-0.2, -0.15) is 5.10 Å². The molecule has 1 saturated heterocycles. The van der Waals surface area contributed by atoms with Gasteiger partial charge < -0.3 is 19.8 Å². The average Bonchev–Trinajstić information content (AvgIpc) is 3.61. The largest absolute Gasteiger partial charge is 0.391 e. The van der Waals surface area contributed by atoms with Gasteiger partial charge in [0.2, 0.25) is 5.91 Å². The number of carbonyl (C=O) groups is 1. The third-order valence-corrected chi connectivity index (χ3v) is 7.81. The Morgan fingerprint density at radius 2 is 1.95 bits per heavy atom. The second-order valence-corrected chi connectivity index (χ2v) is 10.9. The quantitative estimate of drug-likeness (QED) is 0.461. The van der Waals surface area contributed by atoms with E-state index in [1.807, 2.05) is 70.0 Å². The molecule has 3 aromatic rings. The van der Waals surface area contributed by atoms with Crippen LogP contribution in [0.2, 0.25) is 0 Å². The van der Waals surface area contributed by atoms with Crippen LogP contribution in [0.5, 0.6) is 0 Å². The van der Waals surface area contributed by atoms with Crippen molar-refractivity contribution in [3.63, 3.8) is 0 Å². The molecule has 2 aliphatic rings. The van der Waals surface area contributed by atoms with Crippen molar-refractivity contribution >= 4 is 11.7 Å². The minimum absolute atomic E-state index is 0.0212. The van der Waals surface area contributed by atoms with Crippen LogP contribution in [0.3, 0.4) is 0 Å². The van der Waals surface area contributed by atoms with Gasteiger partial charge in [0.1, 0.15) is 23.3 Å². The normalized spacial score (nSPS) is 23.7. The number of amides is 1. The molecule has 4 unspecified atom stereocenters. The third-order valence-electron chi connectivity index (χ3n) is 7.81. The lowest BCUT2D eigenvalue weighted by atomic mass is 9.91. The van der Waals surface area contributed by atoms with E-state index in [4.69, 9.17) is 9.62 Å². The maximum Gasteiger partial charge on any atom is 0.234 e. The highest BCUT2D eigenvalue weighted by molar-refractivity contribution is 5.95. The van der Waals surface area contributed by atoms with Crippen molar-refractivity contribution in [2.45, 2.75) is 64.8 Å². The Kier molecular flexibility index (Phi) is 7.20. The molecule has 9 heteroatoms. The Labute approximate surface area is 228 Å². The molecule has 1 fully saturated rings. The zero-order chi connectivity index (χ0) is 27.9. The smallest absolute Gasteiger partial charge is 0.234 e. The molecule has 1 amide bonds. The number of rotatable bonds is 7. The Morgan fingerprint density at radius 1 is 1.23 bits per heavy atom. The number of aromatic nitrogens is 1. The Bertz CT molecular complexity index is 1370. The predicted molar refractivity (Wildman–Crippen MR) is 147 cm³/mol. The van der Waals surface area contributed by atoms with Crippen molar-refractivity contribution in [1.82, 2.24) is 20.4 Å². The van der Waals surface area contributed by atoms with E-state index >= 15 is 0 Å². The number of hydrogen-bond donors (Lipinski definition) is 2. The number of aliphatic hydroxyl groups excluding tert-OH is 1. The number of aryl methyl sites for hydroxylation is 1. The monoisotopic (exact) mass is 533 g/mol. The van der Waals surface area contributed by atoms with Gasteiger partial charge in [0, 0.05) is 31.1 Å². The third kappa shape index (κ3) is 4.91. The first-order valence-electron chi connectivity index (χ1n) is 13.5. The number of aliphatic hydroxyl groups is 1. The van der Waals surface area contributed by atoms with E-state index in [1.165, 1.54) is 6.07 Å². The molecule has 3 heterocycles. The van der Waals surface area contributed by atoms with E-state index in [0.717, 1.165) is 16.8 Å². The number of nitrogens with one attached hydrogen (secondary N) is 1. The number of hydrazone groups is 1. The Morgan fingerprint density at radius 3 is 2.56 bits per heavy atom. The standard InChI is InChI=1S/C30H36FN5O3/c1-6-36-30(5,21-13-11-20(12-14-21)23-9-7-8-10-24(23)31)32-28(33-36)25-16-22(37)17-35(25)29(38)27(18(2)3)26-15-19(4)34-39-26/h7-15,18,22,25,27,37H,6,16-17H2,1-5H3,(H,32,33). The fraction of sp³-hybridized carbons (Fsp3) is 0.433. The highest BCUT2D eigenvalue weighted by atomic mass is 19.1. The van der Waals surface area contributed by atoms with Crippen molar-refractivity contribution in [2.75, 3.05) is 13.1 Å². The maximum atomic E-state index is 14.3. The Hall–Kier alpha value is -3.72. The minimum Gasteiger partial charge on any atom is -0.391 e. The van der Waals surface area contributed by atoms with Crippen LogP contribution in [0, 0.1) is 18.7 Å². The summed E-state index contributed by atoms with van der Waals surface area (Å²) in [5.74, 6) is 0.259. The summed E-state index contributed by atoms with van der Waals surface area (Å²) < 4.78 is 19.8. The molecule has 8 nitrogen and oxygen atoms in total. The number of benzene rings is 2. The van der Waals surface area contributed by atoms with Crippen LogP contribution in [0.15, 0.2) is 64.2 Å². The number of halogens is 1. The van der Waals surface area contributed by atoms with E-state index in [9.17, 15) is 14.3 Å². The van der Waals surface area contributed by atoms with Gasteiger partial charge in [-0.25, -0.2) is 4.39 Å². The highest BCUT2D eigenvalue weighted by Crippen LogP contribution is 2.36. The molecule has 0 aliphatic carbocycles. The summed E-state index contributed by atoms with van der Waals surface area (Å²) in [5.41, 5.74) is 2.34. The summed E-state index contributed by atoms with van der Waals surface area (Å²) in [6.45, 7) is 10.7. The first kappa shape index (κ1) is 26.9. The summed E-state index contributed by atoms with van der Waals surface area (Å²) in [7, 11) is 0. The lowest BCUT2D eigenvalue weighted by Gasteiger charge is -2.35. The van der Waals surface area contributed by atoms with Gasteiger partial charge in [0.15, 0.2) is 5.66 Å². The van der Waals surface area contributed by atoms with Gasteiger partial charge in [-0.15, -0.1) is 0 Å². The number of amidine groups is 1. The molecule has 2 aliphatic heterocycles. The van der Waals surface area contributed by atoms with Gasteiger partial charge in [-0.05, 0) is 43.9 Å². The highest BCUT2D eigenvalue weighted by Gasteiger charge is 2.47. The molecule has 1 aromatic heterocycles. The van der Waals surface area contributed by atoms with E-state index in [1.54, 1.807) is 23.1 Å². The van der Waals surface area contributed by atoms with Crippen LogP contribution >= 0.6 is 0 Å². The van der Waals surface area contributed by atoms with Crippen LogP contribution in [-0.4, -0.2) is 57.2 Å². The number of carbonyl (C=O) groups excluding carboxylic acids is 1. The van der Waals surface area contributed by atoms with Gasteiger partial charge in [-0.1, -0.05) is 61.5 Å². The van der Waals surface area contributed by atoms with Gasteiger partial charge >= 0.3 is 0 Å². The fourth-order valence-corrected chi connectivity index (χ4v) is 5.76. The average molecular weight is 534 g/mol. The lowest BCUT2D eigenvalue weighted by molar-refractivity contribution is -0.134. The molecule has 2 aromatic carbocycles. The molecule has 0 spiro atoms. The molecule has 0 saturated carbocycles.